The fraction of sp³-hybridized carbons (Fsp3) is 0.957. The maximum absolute atomic E-state index is 11.2. The highest BCUT2D eigenvalue weighted by Crippen LogP contribution is 2.11. The monoisotopic (exact) mass is 353 g/mol. The van der Waals surface area contributed by atoms with E-state index in [0.717, 1.165) is 19.5 Å². The van der Waals surface area contributed by atoms with Crippen LogP contribution in [0.1, 0.15) is 129 Å². The van der Waals surface area contributed by atoms with Crippen LogP contribution < -0.4 is 0 Å². The second-order valence-electron chi connectivity index (χ2n) is 7.80. The van der Waals surface area contributed by atoms with Crippen molar-refractivity contribution in [1.29, 1.82) is 0 Å². The molecule has 0 fully saturated rings. The molecule has 0 aliphatic heterocycles. The normalized spacial score (nSPS) is 11.0. The van der Waals surface area contributed by atoms with Crippen molar-refractivity contribution in [3.05, 3.63) is 0 Å². The zero-order chi connectivity index (χ0) is 18.4. The molecule has 0 aromatic rings. The lowest BCUT2D eigenvalue weighted by Crippen LogP contribution is -2.24. The van der Waals surface area contributed by atoms with Gasteiger partial charge in [-0.15, -0.1) is 0 Å². The summed E-state index contributed by atoms with van der Waals surface area (Å²) in [7, 11) is 0. The zero-order valence-electron chi connectivity index (χ0n) is 17.6. The van der Waals surface area contributed by atoms with Gasteiger partial charge in [-0.1, -0.05) is 117 Å². The molecule has 0 saturated carbocycles. The minimum Gasteiger partial charge on any atom is -0.345 e. The van der Waals surface area contributed by atoms with Gasteiger partial charge in [0.15, 0.2) is 0 Å². The third kappa shape index (κ3) is 19.6. The lowest BCUT2D eigenvalue weighted by molar-refractivity contribution is -0.118. The molecule has 0 saturated heterocycles. The van der Waals surface area contributed by atoms with E-state index < -0.39 is 0 Å². The Balaban J connectivity index is 3.29. The number of hydrogen-bond acceptors (Lipinski definition) is 1. The molecule has 2 heteroatoms. The summed E-state index contributed by atoms with van der Waals surface area (Å²) < 4.78 is 0. The molecule has 0 aliphatic carbocycles. The lowest BCUT2D eigenvalue weighted by atomic mass is 10.1. The van der Waals surface area contributed by atoms with Crippen molar-refractivity contribution in [2.45, 2.75) is 129 Å². The van der Waals surface area contributed by atoms with Crippen molar-refractivity contribution >= 4 is 6.41 Å². The Labute approximate surface area is 159 Å². The maximum atomic E-state index is 11.2. The van der Waals surface area contributed by atoms with E-state index in [9.17, 15) is 4.79 Å². The van der Waals surface area contributed by atoms with Crippen molar-refractivity contribution in [2.75, 3.05) is 13.1 Å². The molecule has 0 N–H and O–H groups in total. The van der Waals surface area contributed by atoms with E-state index in [-0.39, 0.29) is 0 Å². The molecular formula is C23H47NO. The largest absolute Gasteiger partial charge is 0.345 e. The number of amides is 1. The van der Waals surface area contributed by atoms with Gasteiger partial charge in [-0.05, 0) is 12.8 Å². The van der Waals surface area contributed by atoms with Crippen LogP contribution in [0.4, 0.5) is 0 Å². The Morgan fingerprint density at radius 1 is 0.480 bits per heavy atom. The van der Waals surface area contributed by atoms with Crippen molar-refractivity contribution < 1.29 is 4.79 Å². The summed E-state index contributed by atoms with van der Waals surface area (Å²) in [4.78, 5) is 13.2. The molecule has 0 atom stereocenters. The summed E-state index contributed by atoms with van der Waals surface area (Å²) in [6.45, 7) is 6.48. The van der Waals surface area contributed by atoms with Gasteiger partial charge >= 0.3 is 0 Å². The van der Waals surface area contributed by atoms with Crippen LogP contribution in [0, 0.1) is 0 Å². The molecule has 2 nitrogen and oxygen atoms in total. The summed E-state index contributed by atoms with van der Waals surface area (Å²) in [6.07, 6.45) is 25.4. The van der Waals surface area contributed by atoms with Crippen LogP contribution in [-0.4, -0.2) is 24.4 Å². The van der Waals surface area contributed by atoms with Gasteiger partial charge in [0, 0.05) is 13.1 Å². The summed E-state index contributed by atoms with van der Waals surface area (Å²) in [5.74, 6) is 0. The zero-order valence-corrected chi connectivity index (χ0v) is 17.6. The molecule has 0 aliphatic rings. The maximum Gasteiger partial charge on any atom is 0.209 e. The molecule has 0 rings (SSSR count). The highest BCUT2D eigenvalue weighted by atomic mass is 16.1. The number of hydrogen-bond donors (Lipinski definition) is 0. The summed E-state index contributed by atoms with van der Waals surface area (Å²) in [5, 5.41) is 0. The first-order valence-corrected chi connectivity index (χ1v) is 11.5. The van der Waals surface area contributed by atoms with Crippen LogP contribution >= 0.6 is 0 Å². The number of rotatable bonds is 21. The van der Waals surface area contributed by atoms with Crippen LogP contribution in [0.15, 0.2) is 0 Å². The predicted molar refractivity (Wildman–Crippen MR) is 112 cm³/mol. The molecule has 0 aromatic carbocycles. The third-order valence-electron chi connectivity index (χ3n) is 5.25. The Bertz CT molecular complexity index is 254. The van der Waals surface area contributed by atoms with Crippen LogP contribution in [0.2, 0.25) is 0 Å². The predicted octanol–water partition coefficient (Wildman–Crippen LogP) is 7.51. The van der Waals surface area contributed by atoms with Gasteiger partial charge in [-0.25, -0.2) is 0 Å². The molecule has 25 heavy (non-hydrogen) atoms. The van der Waals surface area contributed by atoms with Crippen molar-refractivity contribution in [3.63, 3.8) is 0 Å². The van der Waals surface area contributed by atoms with Gasteiger partial charge < -0.3 is 4.90 Å². The average molecular weight is 354 g/mol. The fourth-order valence-electron chi connectivity index (χ4n) is 3.47. The molecule has 0 heterocycles. The molecule has 0 bridgehead atoms. The van der Waals surface area contributed by atoms with Gasteiger partial charge in [0.25, 0.3) is 0 Å². The first-order chi connectivity index (χ1) is 12.3. The highest BCUT2D eigenvalue weighted by molar-refractivity contribution is 5.46. The third-order valence-corrected chi connectivity index (χ3v) is 5.25. The number of unbranched alkanes of at least 4 members (excludes halogenated alkanes) is 16. The van der Waals surface area contributed by atoms with Crippen LogP contribution in [0.5, 0.6) is 0 Å². The van der Waals surface area contributed by atoms with Crippen molar-refractivity contribution in [2.24, 2.45) is 0 Å². The molecule has 150 valence electrons. The smallest absolute Gasteiger partial charge is 0.209 e. The number of carbonyl (C=O) groups is 1. The van der Waals surface area contributed by atoms with Gasteiger partial charge in [0.1, 0.15) is 0 Å². The molecule has 0 aromatic heterocycles. The van der Waals surface area contributed by atoms with E-state index >= 15 is 0 Å². The second-order valence-corrected chi connectivity index (χ2v) is 7.80. The first kappa shape index (κ1) is 24.5. The SMILES string of the molecule is CCCCCCCCCCCCN(C=O)CCCCCCCCCC. The minimum absolute atomic E-state index is 0.968. The lowest BCUT2D eigenvalue weighted by Gasteiger charge is -2.17. The average Bonchev–Trinajstić information content (AvgIpc) is 2.63. The Morgan fingerprint density at radius 2 is 0.760 bits per heavy atom. The standard InChI is InChI=1S/C23H47NO/c1-3-5-7-9-11-13-14-16-18-20-22-24(23-25)21-19-17-15-12-10-8-6-4-2/h23H,3-22H2,1-2H3. The minimum atomic E-state index is 0.968. The van der Waals surface area contributed by atoms with Crippen LogP contribution in [-0.2, 0) is 4.79 Å². The first-order valence-electron chi connectivity index (χ1n) is 11.5. The summed E-state index contributed by atoms with van der Waals surface area (Å²) in [6, 6.07) is 0. The Morgan fingerprint density at radius 3 is 1.04 bits per heavy atom. The van der Waals surface area contributed by atoms with Crippen molar-refractivity contribution in [1.82, 2.24) is 4.90 Å². The molecular weight excluding hydrogens is 306 g/mol. The van der Waals surface area contributed by atoms with E-state index in [1.165, 1.54) is 116 Å². The number of carbonyl (C=O) groups excluding carboxylic acids is 1. The van der Waals surface area contributed by atoms with Crippen molar-refractivity contribution in [3.8, 4) is 0 Å². The van der Waals surface area contributed by atoms with Gasteiger partial charge in [-0.2, -0.15) is 0 Å². The quantitative estimate of drug-likeness (QED) is 0.154. The molecule has 1 amide bonds. The molecule has 0 radical (unpaired) electrons. The number of nitrogens with zero attached hydrogens (tertiary/aromatic N) is 1. The Kier molecular flexibility index (Phi) is 21.1. The highest BCUT2D eigenvalue weighted by Gasteiger charge is 2.01. The van der Waals surface area contributed by atoms with E-state index in [1.54, 1.807) is 0 Å². The molecule has 0 spiro atoms. The van der Waals surface area contributed by atoms with E-state index in [1.807, 2.05) is 4.90 Å². The van der Waals surface area contributed by atoms with Gasteiger partial charge in [0.05, 0.1) is 0 Å². The molecule has 0 unspecified atom stereocenters. The van der Waals surface area contributed by atoms with Gasteiger partial charge in [0.2, 0.25) is 6.41 Å². The van der Waals surface area contributed by atoms with Crippen LogP contribution in [0.3, 0.4) is 0 Å². The fourth-order valence-corrected chi connectivity index (χ4v) is 3.47. The summed E-state index contributed by atoms with van der Waals surface area (Å²) in [5.41, 5.74) is 0. The van der Waals surface area contributed by atoms with E-state index in [2.05, 4.69) is 13.8 Å². The topological polar surface area (TPSA) is 20.3 Å². The van der Waals surface area contributed by atoms with E-state index in [4.69, 9.17) is 0 Å². The van der Waals surface area contributed by atoms with Crippen LogP contribution in [0.25, 0.3) is 0 Å². The van der Waals surface area contributed by atoms with Gasteiger partial charge in [-0.3, -0.25) is 4.79 Å². The Hall–Kier alpha value is -0.530. The summed E-state index contributed by atoms with van der Waals surface area (Å²) >= 11 is 0. The van der Waals surface area contributed by atoms with E-state index in [0.29, 0.717) is 0 Å². The second kappa shape index (κ2) is 21.5.